The summed E-state index contributed by atoms with van der Waals surface area (Å²) in [5.74, 6) is 1.62. The highest BCUT2D eigenvalue weighted by molar-refractivity contribution is 7.13. The number of aryl methyl sites for hydroxylation is 1. The molecule has 2 aromatic heterocycles. The van der Waals surface area contributed by atoms with Crippen LogP contribution in [0.2, 0.25) is 0 Å². The fourth-order valence-corrected chi connectivity index (χ4v) is 3.65. The zero-order valence-corrected chi connectivity index (χ0v) is 13.9. The van der Waals surface area contributed by atoms with Gasteiger partial charge in [0.1, 0.15) is 5.76 Å². The summed E-state index contributed by atoms with van der Waals surface area (Å²) in [4.78, 5) is 8.16. The van der Waals surface area contributed by atoms with E-state index in [0.717, 1.165) is 48.2 Å². The highest BCUT2D eigenvalue weighted by Gasteiger charge is 2.28. The molecule has 0 saturated carbocycles. The Morgan fingerprint density at radius 2 is 2.41 bits per heavy atom. The molecular formula is C16H23N3O2S. The van der Waals surface area contributed by atoms with Crippen LogP contribution >= 0.6 is 11.3 Å². The molecule has 1 fully saturated rings. The first-order valence-corrected chi connectivity index (χ1v) is 8.56. The van der Waals surface area contributed by atoms with Gasteiger partial charge in [-0.1, -0.05) is 6.07 Å². The van der Waals surface area contributed by atoms with Gasteiger partial charge in [-0.15, -0.1) is 11.3 Å². The Morgan fingerprint density at radius 1 is 1.55 bits per heavy atom. The molecule has 2 aromatic rings. The first-order valence-electron chi connectivity index (χ1n) is 7.68. The summed E-state index contributed by atoms with van der Waals surface area (Å²) in [5.41, 5.74) is 6.96. The van der Waals surface area contributed by atoms with Crippen LogP contribution in [-0.2, 0) is 11.3 Å². The zero-order valence-electron chi connectivity index (χ0n) is 13.1. The van der Waals surface area contributed by atoms with Crippen molar-refractivity contribution in [2.45, 2.75) is 38.5 Å². The molecule has 5 nitrogen and oxygen atoms in total. The van der Waals surface area contributed by atoms with E-state index >= 15 is 0 Å². The lowest BCUT2D eigenvalue weighted by molar-refractivity contribution is 0.00970. The van der Waals surface area contributed by atoms with Crippen LogP contribution in [0.15, 0.2) is 21.9 Å². The number of ether oxygens (including phenoxy) is 1. The number of nitrogens with zero attached hydrogens (tertiary/aromatic N) is 2. The zero-order chi connectivity index (χ0) is 15.5. The summed E-state index contributed by atoms with van der Waals surface area (Å²) in [7, 11) is 1.78. The molecule has 3 heterocycles. The maximum atomic E-state index is 5.95. The van der Waals surface area contributed by atoms with Gasteiger partial charge in [0.05, 0.1) is 16.7 Å². The minimum atomic E-state index is 0.324. The fraction of sp³-hybridized carbons (Fsp3) is 0.562. The van der Waals surface area contributed by atoms with E-state index in [2.05, 4.69) is 9.88 Å². The number of oxazole rings is 1. The molecule has 1 aliphatic rings. The average Bonchev–Trinajstić information content (AvgIpc) is 3.18. The van der Waals surface area contributed by atoms with Gasteiger partial charge in [-0.05, 0) is 31.2 Å². The van der Waals surface area contributed by atoms with Crippen LogP contribution in [0.25, 0.3) is 10.8 Å². The summed E-state index contributed by atoms with van der Waals surface area (Å²) >= 11 is 1.65. The van der Waals surface area contributed by atoms with Crippen LogP contribution in [-0.4, -0.2) is 42.2 Å². The molecule has 2 N–H and O–H groups in total. The van der Waals surface area contributed by atoms with Gasteiger partial charge in [-0.2, -0.15) is 0 Å². The molecule has 0 radical (unpaired) electrons. The van der Waals surface area contributed by atoms with Crippen molar-refractivity contribution in [2.75, 3.05) is 20.2 Å². The largest absolute Gasteiger partial charge is 0.440 e. The molecule has 0 spiro atoms. The van der Waals surface area contributed by atoms with E-state index in [1.165, 1.54) is 0 Å². The number of hydrogen-bond acceptors (Lipinski definition) is 6. The number of likely N-dealkylation sites (tertiary alicyclic amines) is 1. The minimum absolute atomic E-state index is 0.324. The van der Waals surface area contributed by atoms with Crippen LogP contribution in [0.3, 0.4) is 0 Å². The number of aromatic nitrogens is 1. The molecule has 0 bridgehead atoms. The molecule has 0 aliphatic carbocycles. The quantitative estimate of drug-likeness (QED) is 0.917. The van der Waals surface area contributed by atoms with Crippen LogP contribution < -0.4 is 5.73 Å². The molecule has 0 aromatic carbocycles. The molecule has 2 unspecified atom stereocenters. The second-order valence-corrected chi connectivity index (χ2v) is 6.69. The number of methoxy groups -OCH3 is 1. The van der Waals surface area contributed by atoms with Crippen molar-refractivity contribution in [2.24, 2.45) is 5.73 Å². The van der Waals surface area contributed by atoms with Gasteiger partial charge >= 0.3 is 0 Å². The van der Waals surface area contributed by atoms with Crippen molar-refractivity contribution in [3.05, 3.63) is 29.0 Å². The van der Waals surface area contributed by atoms with Crippen LogP contribution in [0.5, 0.6) is 0 Å². The highest BCUT2D eigenvalue weighted by Crippen LogP contribution is 2.28. The minimum Gasteiger partial charge on any atom is -0.440 e. The van der Waals surface area contributed by atoms with Gasteiger partial charge in [-0.25, -0.2) is 4.98 Å². The first-order chi connectivity index (χ1) is 10.7. The Hall–Kier alpha value is -1.21. The van der Waals surface area contributed by atoms with Crippen molar-refractivity contribution >= 4 is 11.3 Å². The summed E-state index contributed by atoms with van der Waals surface area (Å²) in [5, 5.41) is 2.04. The SMILES string of the molecule is COC1CCN(Cc2nc(-c3cccs3)oc2C)C(CN)C1. The third kappa shape index (κ3) is 3.25. The molecule has 0 amide bonds. The fourth-order valence-electron chi connectivity index (χ4n) is 3.00. The molecule has 22 heavy (non-hydrogen) atoms. The first kappa shape index (κ1) is 15.7. The topological polar surface area (TPSA) is 64.5 Å². The van der Waals surface area contributed by atoms with Gasteiger partial charge < -0.3 is 14.9 Å². The Kier molecular flexibility index (Phi) is 4.93. The third-order valence-electron chi connectivity index (χ3n) is 4.37. The van der Waals surface area contributed by atoms with E-state index in [4.69, 9.17) is 14.9 Å². The summed E-state index contributed by atoms with van der Waals surface area (Å²) in [6, 6.07) is 4.39. The van der Waals surface area contributed by atoms with E-state index < -0.39 is 0 Å². The summed E-state index contributed by atoms with van der Waals surface area (Å²) in [6.45, 7) is 4.41. The maximum absolute atomic E-state index is 5.95. The molecule has 6 heteroatoms. The smallest absolute Gasteiger partial charge is 0.236 e. The highest BCUT2D eigenvalue weighted by atomic mass is 32.1. The number of piperidine rings is 1. The Balaban J connectivity index is 1.73. The lowest BCUT2D eigenvalue weighted by Crippen LogP contribution is -2.48. The van der Waals surface area contributed by atoms with Crippen LogP contribution in [0, 0.1) is 6.92 Å². The van der Waals surface area contributed by atoms with E-state index in [1.807, 2.05) is 24.4 Å². The summed E-state index contributed by atoms with van der Waals surface area (Å²) < 4.78 is 11.3. The van der Waals surface area contributed by atoms with Crippen LogP contribution in [0.1, 0.15) is 24.3 Å². The van der Waals surface area contributed by atoms with Gasteiger partial charge in [0, 0.05) is 32.8 Å². The maximum Gasteiger partial charge on any atom is 0.236 e. The molecule has 1 aliphatic heterocycles. The van der Waals surface area contributed by atoms with Crippen molar-refractivity contribution < 1.29 is 9.15 Å². The van der Waals surface area contributed by atoms with Crippen molar-refractivity contribution in [3.8, 4) is 10.8 Å². The van der Waals surface area contributed by atoms with Gasteiger partial charge in [0.2, 0.25) is 5.89 Å². The molecule has 120 valence electrons. The van der Waals surface area contributed by atoms with E-state index in [9.17, 15) is 0 Å². The Morgan fingerprint density at radius 3 is 3.09 bits per heavy atom. The predicted octanol–water partition coefficient (Wildman–Crippen LogP) is 2.65. The van der Waals surface area contributed by atoms with Gasteiger partial charge in [-0.3, -0.25) is 4.90 Å². The second kappa shape index (κ2) is 6.91. The van der Waals surface area contributed by atoms with Crippen molar-refractivity contribution in [1.29, 1.82) is 0 Å². The number of thiophene rings is 1. The normalized spacial score (nSPS) is 23.0. The summed E-state index contributed by atoms with van der Waals surface area (Å²) in [6.07, 6.45) is 2.36. The van der Waals surface area contributed by atoms with Crippen molar-refractivity contribution in [3.63, 3.8) is 0 Å². The van der Waals surface area contributed by atoms with Gasteiger partial charge in [0.25, 0.3) is 0 Å². The lowest BCUT2D eigenvalue weighted by atomic mass is 9.99. The monoisotopic (exact) mass is 321 g/mol. The second-order valence-electron chi connectivity index (χ2n) is 5.74. The van der Waals surface area contributed by atoms with Crippen molar-refractivity contribution in [1.82, 2.24) is 9.88 Å². The average molecular weight is 321 g/mol. The number of nitrogens with two attached hydrogens (primary N) is 1. The molecule has 3 rings (SSSR count). The van der Waals surface area contributed by atoms with Crippen LogP contribution in [0.4, 0.5) is 0 Å². The Labute approximate surface area is 135 Å². The third-order valence-corrected chi connectivity index (χ3v) is 5.23. The van der Waals surface area contributed by atoms with E-state index in [0.29, 0.717) is 18.7 Å². The van der Waals surface area contributed by atoms with E-state index in [-0.39, 0.29) is 0 Å². The number of rotatable bonds is 5. The molecule has 1 saturated heterocycles. The molecular weight excluding hydrogens is 298 g/mol. The van der Waals surface area contributed by atoms with E-state index in [1.54, 1.807) is 18.4 Å². The van der Waals surface area contributed by atoms with Gasteiger partial charge in [0.15, 0.2) is 0 Å². The molecule has 2 atom stereocenters. The Bertz CT molecular complexity index is 597. The lowest BCUT2D eigenvalue weighted by Gasteiger charge is -2.38. The predicted molar refractivity (Wildman–Crippen MR) is 87.8 cm³/mol. The standard InChI is InChI=1S/C16H23N3O2S/c1-11-14(18-16(21-11)15-4-3-7-22-15)10-19-6-5-13(20-2)8-12(19)9-17/h3-4,7,12-13H,5-6,8-10,17H2,1-2H3. The number of hydrogen-bond donors (Lipinski definition) is 1.